The van der Waals surface area contributed by atoms with E-state index in [0.29, 0.717) is 9.32 Å². The third-order valence-electron chi connectivity index (χ3n) is 4.90. The summed E-state index contributed by atoms with van der Waals surface area (Å²) in [6.07, 6.45) is -8.73. The highest BCUT2D eigenvalue weighted by Gasteiger charge is 2.47. The summed E-state index contributed by atoms with van der Waals surface area (Å²) in [6, 6.07) is 7.68. The molecule has 0 heterocycles. The van der Waals surface area contributed by atoms with Gasteiger partial charge in [0.15, 0.2) is 0 Å². The minimum atomic E-state index is -5.11. The van der Waals surface area contributed by atoms with Crippen molar-refractivity contribution in [1.82, 2.24) is 5.32 Å². The second kappa shape index (κ2) is 12.2. The average Bonchev–Trinajstić information content (AvgIpc) is 2.72. The van der Waals surface area contributed by atoms with E-state index in [2.05, 4.69) is 10.6 Å². The maximum absolute atomic E-state index is 13.0. The highest BCUT2D eigenvalue weighted by Crippen LogP contribution is 2.40. The third kappa shape index (κ3) is 7.30. The van der Waals surface area contributed by atoms with Gasteiger partial charge in [0.25, 0.3) is 18.2 Å². The molecule has 0 radical (unpaired) electrons. The van der Waals surface area contributed by atoms with Gasteiger partial charge in [-0.1, -0.05) is 25.1 Å². The second-order valence-electron chi connectivity index (χ2n) is 7.58. The zero-order chi connectivity index (χ0) is 25.6. The first-order chi connectivity index (χ1) is 15.9. The van der Waals surface area contributed by atoms with Gasteiger partial charge in [-0.05, 0) is 71.5 Å². The van der Waals surface area contributed by atoms with Gasteiger partial charge in [0, 0.05) is 21.1 Å². The quantitative estimate of drug-likeness (QED) is 0.246. The van der Waals surface area contributed by atoms with Crippen LogP contribution in [0.3, 0.4) is 0 Å². The zero-order valence-corrected chi connectivity index (χ0v) is 21.6. The fraction of sp³-hybridized carbons (Fsp3) is 0.391. The Kier molecular flexibility index (Phi) is 10.2. The molecule has 2 amide bonds. The van der Waals surface area contributed by atoms with Gasteiger partial charge in [-0.15, -0.1) is 0 Å². The fourth-order valence-corrected chi connectivity index (χ4v) is 4.68. The summed E-state index contributed by atoms with van der Waals surface area (Å²) < 4.78 is 65.8. The number of amides is 2. The van der Waals surface area contributed by atoms with Crippen molar-refractivity contribution in [3.05, 3.63) is 62.2 Å². The van der Waals surface area contributed by atoms with Crippen molar-refractivity contribution < 1.29 is 31.5 Å². The number of aryl methyl sites for hydroxylation is 1. The Morgan fingerprint density at radius 2 is 1.79 bits per heavy atom. The number of alkyl halides is 5. The van der Waals surface area contributed by atoms with Gasteiger partial charge in [-0.2, -0.15) is 24.9 Å². The minimum Gasteiger partial charge on any atom is -0.349 e. The largest absolute Gasteiger partial charge is 0.401 e. The van der Waals surface area contributed by atoms with E-state index >= 15 is 0 Å². The molecule has 1 unspecified atom stereocenters. The number of carbonyl (C=O) groups excluding carboxylic acids is 2. The lowest BCUT2D eigenvalue weighted by Crippen LogP contribution is -2.36. The van der Waals surface area contributed by atoms with Crippen molar-refractivity contribution >= 4 is 51.9 Å². The first-order valence-electron chi connectivity index (χ1n) is 10.3. The molecular weight excluding hydrogens is 590 g/mol. The van der Waals surface area contributed by atoms with Gasteiger partial charge < -0.3 is 10.6 Å². The molecule has 2 N–H and O–H groups in total. The number of hydrogen-bond acceptors (Lipinski definition) is 3. The van der Waals surface area contributed by atoms with E-state index in [1.165, 1.54) is 13.0 Å². The maximum atomic E-state index is 13.0. The van der Waals surface area contributed by atoms with E-state index in [1.807, 2.05) is 36.4 Å². The van der Waals surface area contributed by atoms with Crippen LogP contribution < -0.4 is 10.6 Å². The topological polar surface area (TPSA) is 58.2 Å². The van der Waals surface area contributed by atoms with Gasteiger partial charge in [-0.25, -0.2) is 8.78 Å². The van der Waals surface area contributed by atoms with Gasteiger partial charge in [0.05, 0.1) is 11.1 Å². The molecule has 0 fully saturated rings. The Hall–Kier alpha value is -1.89. The van der Waals surface area contributed by atoms with Crippen LogP contribution in [-0.4, -0.2) is 42.0 Å². The van der Waals surface area contributed by atoms with Crippen LogP contribution >= 0.6 is 34.4 Å². The van der Waals surface area contributed by atoms with Gasteiger partial charge in [-0.3, -0.25) is 9.59 Å². The van der Waals surface area contributed by atoms with E-state index < -0.39 is 35.9 Å². The van der Waals surface area contributed by atoms with Crippen LogP contribution in [0, 0.1) is 10.5 Å². The van der Waals surface area contributed by atoms with E-state index in [4.69, 9.17) is 0 Å². The normalized spacial score (nSPS) is 13.5. The monoisotopic (exact) mass is 614 g/mol. The molecule has 0 aliphatic carbocycles. The predicted octanol–water partition coefficient (Wildman–Crippen LogP) is 6.63. The van der Waals surface area contributed by atoms with Crippen molar-refractivity contribution in [1.29, 1.82) is 0 Å². The summed E-state index contributed by atoms with van der Waals surface area (Å²) in [7, 11) is 0. The van der Waals surface area contributed by atoms with Gasteiger partial charge >= 0.3 is 6.18 Å². The van der Waals surface area contributed by atoms with Gasteiger partial charge in [0.1, 0.15) is 5.92 Å². The Bertz CT molecular complexity index is 1030. The Balaban J connectivity index is 2.30. The molecule has 11 heteroatoms. The Morgan fingerprint density at radius 3 is 2.35 bits per heavy atom. The van der Waals surface area contributed by atoms with Crippen molar-refractivity contribution in [2.24, 2.45) is 0 Å². The number of rotatable bonds is 9. The molecule has 0 aromatic heterocycles. The lowest BCUT2D eigenvalue weighted by atomic mass is 9.96. The molecule has 2 atom stereocenters. The van der Waals surface area contributed by atoms with Crippen LogP contribution in [0.1, 0.15) is 51.6 Å². The van der Waals surface area contributed by atoms with Crippen LogP contribution in [0.25, 0.3) is 0 Å². The molecule has 34 heavy (non-hydrogen) atoms. The zero-order valence-electron chi connectivity index (χ0n) is 18.6. The van der Waals surface area contributed by atoms with Crippen LogP contribution in [0.2, 0.25) is 0 Å². The Labute approximate surface area is 212 Å². The molecular formula is C23H24F5IN2O2S. The summed E-state index contributed by atoms with van der Waals surface area (Å²) in [4.78, 5) is 25.9. The second-order valence-corrected chi connectivity index (χ2v) is 10.1. The molecule has 0 aliphatic rings. The summed E-state index contributed by atoms with van der Waals surface area (Å²) in [5, 5.41) is 5.44. The average molecular weight is 614 g/mol. The standard InChI is InChI=1S/C23H24F5IN2O2S/c1-4-34-11-13(3)30-22(33)18-15(6-5-7-16(18)29)21(32)31-17-9-8-14(10-12(17)2)19(20(24)25)23(26,27)28/h5-10,13,19-20H,4,11H2,1-3H3,(H,30,33)(H,31,32)/t13-,19?/m0/s1. The van der Waals surface area contributed by atoms with E-state index in [9.17, 15) is 31.5 Å². The molecule has 2 rings (SSSR count). The summed E-state index contributed by atoms with van der Waals surface area (Å²) in [6.45, 7) is 5.27. The highest BCUT2D eigenvalue weighted by atomic mass is 127. The fourth-order valence-electron chi connectivity index (χ4n) is 3.26. The first kappa shape index (κ1) is 28.3. The number of carbonyl (C=O) groups is 2. The van der Waals surface area contributed by atoms with Crippen molar-refractivity contribution in [3.8, 4) is 0 Å². The lowest BCUT2D eigenvalue weighted by molar-refractivity contribution is -0.178. The smallest absolute Gasteiger partial charge is 0.349 e. The van der Waals surface area contributed by atoms with E-state index in [-0.39, 0.29) is 28.4 Å². The van der Waals surface area contributed by atoms with Crippen LogP contribution in [-0.2, 0) is 0 Å². The molecule has 0 bridgehead atoms. The van der Waals surface area contributed by atoms with Gasteiger partial charge in [0.2, 0.25) is 0 Å². The number of halogens is 6. The SMILES string of the molecule is CCSC[C@H](C)NC(=O)c1c(I)cccc1C(=O)Nc1ccc(C(C(F)F)C(F)(F)F)cc1C. The molecule has 0 aliphatic heterocycles. The first-order valence-corrected chi connectivity index (χ1v) is 12.5. The number of hydrogen-bond donors (Lipinski definition) is 2. The highest BCUT2D eigenvalue weighted by molar-refractivity contribution is 14.1. The summed E-state index contributed by atoms with van der Waals surface area (Å²) in [5.41, 5.74) is 0.0118. The Morgan fingerprint density at radius 1 is 1.12 bits per heavy atom. The van der Waals surface area contributed by atoms with E-state index in [0.717, 1.165) is 24.0 Å². The molecule has 0 spiro atoms. The predicted molar refractivity (Wildman–Crippen MR) is 133 cm³/mol. The summed E-state index contributed by atoms with van der Waals surface area (Å²) >= 11 is 3.61. The van der Waals surface area contributed by atoms with Crippen LogP contribution in [0.15, 0.2) is 36.4 Å². The molecule has 2 aromatic carbocycles. The van der Waals surface area contributed by atoms with E-state index in [1.54, 1.807) is 23.9 Å². The van der Waals surface area contributed by atoms with Crippen LogP contribution in [0.5, 0.6) is 0 Å². The molecule has 186 valence electrons. The van der Waals surface area contributed by atoms with Crippen LogP contribution in [0.4, 0.5) is 27.6 Å². The third-order valence-corrected chi connectivity index (χ3v) is 6.94. The summed E-state index contributed by atoms with van der Waals surface area (Å²) in [5.74, 6) is -2.38. The molecule has 2 aromatic rings. The minimum absolute atomic E-state index is 0.0870. The number of thioether (sulfide) groups is 1. The number of nitrogens with one attached hydrogen (secondary N) is 2. The molecule has 0 saturated heterocycles. The van der Waals surface area contributed by atoms with Crippen molar-refractivity contribution in [2.75, 3.05) is 16.8 Å². The molecule has 4 nitrogen and oxygen atoms in total. The maximum Gasteiger partial charge on any atom is 0.401 e. The van der Waals surface area contributed by atoms with Crippen molar-refractivity contribution in [2.45, 2.75) is 45.3 Å². The molecule has 0 saturated carbocycles. The van der Waals surface area contributed by atoms with Crippen molar-refractivity contribution in [3.63, 3.8) is 0 Å². The number of anilines is 1. The number of benzene rings is 2. The lowest BCUT2D eigenvalue weighted by Gasteiger charge is -2.21.